The molecule has 5 nitrogen and oxygen atoms in total. The lowest BCUT2D eigenvalue weighted by Crippen LogP contribution is -2.24. The third-order valence-corrected chi connectivity index (χ3v) is 3.46. The summed E-state index contributed by atoms with van der Waals surface area (Å²) in [5, 5.41) is 2.81. The molecule has 0 atom stereocenters. The van der Waals surface area contributed by atoms with Gasteiger partial charge in [0.2, 0.25) is 11.8 Å². The number of pyridine rings is 2. The highest BCUT2D eigenvalue weighted by molar-refractivity contribution is 5.78. The molecule has 0 aliphatic carbocycles. The quantitative estimate of drug-likeness (QED) is 0.750. The number of ether oxygens (including phenoxy) is 1. The Kier molecular flexibility index (Phi) is 5.31. The Balaban J connectivity index is 1.65. The molecular weight excluding hydrogens is 321 g/mol. The van der Waals surface area contributed by atoms with Gasteiger partial charge >= 0.3 is 0 Å². The predicted molar refractivity (Wildman–Crippen MR) is 90.5 cm³/mol. The van der Waals surface area contributed by atoms with Crippen LogP contribution in [0.1, 0.15) is 11.1 Å². The second kappa shape index (κ2) is 8.01. The fourth-order valence-electron chi connectivity index (χ4n) is 2.23. The molecule has 126 valence electrons. The van der Waals surface area contributed by atoms with E-state index in [0.29, 0.717) is 5.56 Å². The second-order valence-electron chi connectivity index (χ2n) is 5.31. The van der Waals surface area contributed by atoms with E-state index in [1.165, 1.54) is 12.1 Å². The maximum atomic E-state index is 13.7. The van der Waals surface area contributed by atoms with Crippen molar-refractivity contribution in [3.05, 3.63) is 84.1 Å². The van der Waals surface area contributed by atoms with Gasteiger partial charge in [0.05, 0.1) is 6.42 Å². The first-order valence-corrected chi connectivity index (χ1v) is 7.74. The first-order chi connectivity index (χ1) is 12.2. The molecule has 1 amide bonds. The van der Waals surface area contributed by atoms with Crippen molar-refractivity contribution in [1.29, 1.82) is 0 Å². The van der Waals surface area contributed by atoms with Crippen molar-refractivity contribution in [2.75, 3.05) is 0 Å². The van der Waals surface area contributed by atoms with E-state index in [9.17, 15) is 9.18 Å². The molecule has 0 aliphatic heterocycles. The van der Waals surface area contributed by atoms with Crippen molar-refractivity contribution < 1.29 is 13.9 Å². The van der Waals surface area contributed by atoms with Crippen LogP contribution in [0.5, 0.6) is 11.6 Å². The summed E-state index contributed by atoms with van der Waals surface area (Å²) in [5.74, 6) is -0.271. The number of hydrogen-bond donors (Lipinski definition) is 1. The molecule has 0 bridgehead atoms. The molecule has 6 heteroatoms. The van der Waals surface area contributed by atoms with Gasteiger partial charge in [0.25, 0.3) is 0 Å². The minimum Gasteiger partial charge on any atom is -0.436 e. The van der Waals surface area contributed by atoms with Crippen molar-refractivity contribution >= 4 is 5.91 Å². The summed E-state index contributed by atoms with van der Waals surface area (Å²) >= 11 is 0. The average molecular weight is 337 g/mol. The van der Waals surface area contributed by atoms with Gasteiger partial charge in [-0.2, -0.15) is 0 Å². The minimum absolute atomic E-state index is 0.0872. The molecule has 0 unspecified atom stereocenters. The van der Waals surface area contributed by atoms with Crippen molar-refractivity contribution in [3.8, 4) is 11.6 Å². The van der Waals surface area contributed by atoms with E-state index < -0.39 is 5.82 Å². The fraction of sp³-hybridized carbons (Fsp3) is 0.105. The minimum atomic E-state index is -0.472. The average Bonchev–Trinajstić information content (AvgIpc) is 2.64. The van der Waals surface area contributed by atoms with Crippen LogP contribution in [-0.4, -0.2) is 15.9 Å². The smallest absolute Gasteiger partial charge is 0.224 e. The standard InChI is InChI=1S/C19H16FN3O2/c20-16-7-1-2-8-17(16)25-19-15(6-4-10-22-19)13-23-18(24)11-14-5-3-9-21-12-14/h1-10,12H,11,13H2,(H,23,24). The molecule has 0 fully saturated rings. The van der Waals surface area contributed by atoms with Crippen LogP contribution >= 0.6 is 0 Å². The number of rotatable bonds is 6. The zero-order valence-corrected chi connectivity index (χ0v) is 13.4. The van der Waals surface area contributed by atoms with Crippen LogP contribution < -0.4 is 10.1 Å². The Morgan fingerprint density at radius 1 is 1.08 bits per heavy atom. The van der Waals surface area contributed by atoms with Crippen molar-refractivity contribution in [1.82, 2.24) is 15.3 Å². The molecule has 0 saturated carbocycles. The molecule has 0 aliphatic rings. The van der Waals surface area contributed by atoms with Crippen LogP contribution in [-0.2, 0) is 17.8 Å². The van der Waals surface area contributed by atoms with Gasteiger partial charge in [0, 0.05) is 30.7 Å². The number of benzene rings is 1. The fourth-order valence-corrected chi connectivity index (χ4v) is 2.23. The molecule has 3 aromatic rings. The largest absolute Gasteiger partial charge is 0.436 e. The Morgan fingerprint density at radius 2 is 1.92 bits per heavy atom. The van der Waals surface area contributed by atoms with E-state index in [-0.39, 0.29) is 30.5 Å². The molecule has 1 aromatic carbocycles. The summed E-state index contributed by atoms with van der Waals surface area (Å²) < 4.78 is 19.3. The zero-order chi connectivity index (χ0) is 17.5. The zero-order valence-electron chi connectivity index (χ0n) is 13.4. The van der Waals surface area contributed by atoms with Crippen LogP contribution in [0.25, 0.3) is 0 Å². The lowest BCUT2D eigenvalue weighted by Gasteiger charge is -2.11. The third kappa shape index (κ3) is 4.60. The number of carbonyl (C=O) groups is 1. The molecular formula is C19H16FN3O2. The highest BCUT2D eigenvalue weighted by atomic mass is 19.1. The molecule has 25 heavy (non-hydrogen) atoms. The van der Waals surface area contributed by atoms with Gasteiger partial charge < -0.3 is 10.1 Å². The number of nitrogens with one attached hydrogen (secondary N) is 1. The number of carbonyl (C=O) groups excluding carboxylic acids is 1. The highest BCUT2D eigenvalue weighted by Gasteiger charge is 2.10. The maximum Gasteiger partial charge on any atom is 0.224 e. The van der Waals surface area contributed by atoms with Crippen LogP contribution in [0, 0.1) is 5.82 Å². The molecule has 0 spiro atoms. The Labute approximate surface area is 144 Å². The van der Waals surface area contributed by atoms with Crippen LogP contribution in [0.3, 0.4) is 0 Å². The Bertz CT molecular complexity index is 856. The molecule has 2 heterocycles. The van der Waals surface area contributed by atoms with E-state index in [1.807, 2.05) is 6.07 Å². The summed E-state index contributed by atoms with van der Waals surface area (Å²) in [7, 11) is 0. The summed E-state index contributed by atoms with van der Waals surface area (Å²) in [4.78, 5) is 20.2. The number of aromatic nitrogens is 2. The van der Waals surface area contributed by atoms with E-state index in [4.69, 9.17) is 4.74 Å². The predicted octanol–water partition coefficient (Wildman–Crippen LogP) is 3.27. The lowest BCUT2D eigenvalue weighted by molar-refractivity contribution is -0.120. The SMILES string of the molecule is O=C(Cc1cccnc1)NCc1cccnc1Oc1ccccc1F. The maximum absolute atomic E-state index is 13.7. The second-order valence-corrected chi connectivity index (χ2v) is 5.31. The van der Waals surface area contributed by atoms with Crippen LogP contribution in [0.2, 0.25) is 0 Å². The number of amides is 1. The third-order valence-electron chi connectivity index (χ3n) is 3.46. The van der Waals surface area contributed by atoms with Crippen molar-refractivity contribution in [3.63, 3.8) is 0 Å². The van der Waals surface area contributed by atoms with E-state index in [2.05, 4.69) is 15.3 Å². The number of para-hydroxylation sites is 1. The molecule has 1 N–H and O–H groups in total. The highest BCUT2D eigenvalue weighted by Crippen LogP contribution is 2.25. The van der Waals surface area contributed by atoms with E-state index in [1.54, 1.807) is 48.9 Å². The van der Waals surface area contributed by atoms with Gasteiger partial charge in [-0.3, -0.25) is 9.78 Å². The summed E-state index contributed by atoms with van der Waals surface area (Å²) in [6.45, 7) is 0.233. The topological polar surface area (TPSA) is 64.1 Å². The summed E-state index contributed by atoms with van der Waals surface area (Å²) in [5.41, 5.74) is 1.49. The van der Waals surface area contributed by atoms with E-state index in [0.717, 1.165) is 5.56 Å². The normalized spacial score (nSPS) is 10.3. The van der Waals surface area contributed by atoms with Crippen LogP contribution in [0.4, 0.5) is 4.39 Å². The monoisotopic (exact) mass is 337 g/mol. The number of hydrogen-bond acceptors (Lipinski definition) is 4. The molecule has 0 radical (unpaired) electrons. The molecule has 2 aromatic heterocycles. The molecule has 0 saturated heterocycles. The van der Waals surface area contributed by atoms with Gasteiger partial charge in [0.15, 0.2) is 11.6 Å². The van der Waals surface area contributed by atoms with E-state index >= 15 is 0 Å². The first kappa shape index (κ1) is 16.6. The molecule has 3 rings (SSSR count). The Hall–Kier alpha value is -3.28. The number of nitrogens with zero attached hydrogens (tertiary/aromatic N) is 2. The number of halogens is 1. The van der Waals surface area contributed by atoms with Crippen LogP contribution in [0.15, 0.2) is 67.1 Å². The lowest BCUT2D eigenvalue weighted by atomic mass is 10.2. The van der Waals surface area contributed by atoms with Crippen molar-refractivity contribution in [2.45, 2.75) is 13.0 Å². The van der Waals surface area contributed by atoms with Gasteiger partial charge in [-0.15, -0.1) is 0 Å². The van der Waals surface area contributed by atoms with Gasteiger partial charge in [-0.25, -0.2) is 9.37 Å². The first-order valence-electron chi connectivity index (χ1n) is 7.74. The summed E-state index contributed by atoms with van der Waals surface area (Å²) in [6, 6.07) is 13.2. The van der Waals surface area contributed by atoms with Gasteiger partial charge in [-0.1, -0.05) is 24.3 Å². The van der Waals surface area contributed by atoms with Gasteiger partial charge in [-0.05, 0) is 29.8 Å². The van der Waals surface area contributed by atoms with Crippen molar-refractivity contribution in [2.24, 2.45) is 0 Å². The summed E-state index contributed by atoms with van der Waals surface area (Å²) in [6.07, 6.45) is 5.09. The van der Waals surface area contributed by atoms with Gasteiger partial charge in [0.1, 0.15) is 0 Å². The Morgan fingerprint density at radius 3 is 2.72 bits per heavy atom.